The lowest BCUT2D eigenvalue weighted by Gasteiger charge is -2.08. The first kappa shape index (κ1) is 21.3. The summed E-state index contributed by atoms with van der Waals surface area (Å²) in [6, 6.07) is 17.5. The second-order valence-corrected chi connectivity index (χ2v) is 7.43. The van der Waals surface area contributed by atoms with Crippen molar-refractivity contribution in [3.05, 3.63) is 98.8 Å². The zero-order chi connectivity index (χ0) is 22.7. The molecule has 0 N–H and O–H groups in total. The van der Waals surface area contributed by atoms with Crippen LogP contribution in [0.3, 0.4) is 0 Å². The molecule has 32 heavy (non-hydrogen) atoms. The second-order valence-electron chi connectivity index (χ2n) is 6.57. The van der Waals surface area contributed by atoms with Gasteiger partial charge in [0.05, 0.1) is 23.6 Å². The van der Waals surface area contributed by atoms with Crippen molar-refractivity contribution < 1.29 is 28.2 Å². The third-order valence-electron chi connectivity index (χ3n) is 4.52. The van der Waals surface area contributed by atoms with Crippen LogP contribution in [0, 0.1) is 0 Å². The molecule has 0 spiro atoms. The first-order valence-corrected chi connectivity index (χ1v) is 10.1. The van der Waals surface area contributed by atoms with Gasteiger partial charge in [-0.05, 0) is 64.5 Å². The van der Waals surface area contributed by atoms with Gasteiger partial charge in [0.1, 0.15) is 23.3 Å². The highest BCUT2D eigenvalue weighted by molar-refractivity contribution is 9.10. The minimum absolute atomic E-state index is 0.0266. The highest BCUT2D eigenvalue weighted by Gasteiger charge is 2.15. The quantitative estimate of drug-likeness (QED) is 0.272. The van der Waals surface area contributed by atoms with Gasteiger partial charge >= 0.3 is 11.9 Å². The topological polar surface area (TPSA) is 92.0 Å². The minimum Gasteiger partial charge on any atom is -0.465 e. The number of carbonyl (C=O) groups is 2. The Morgan fingerprint density at radius 3 is 2.34 bits per heavy atom. The predicted octanol–water partition coefficient (Wildman–Crippen LogP) is 5.35. The molecule has 4 rings (SSSR count). The number of carbonyl (C=O) groups excluding carboxylic acids is 2. The van der Waals surface area contributed by atoms with Crippen LogP contribution in [0.4, 0.5) is 0 Å². The van der Waals surface area contributed by atoms with Crippen LogP contribution >= 0.6 is 15.9 Å². The third-order valence-corrected chi connectivity index (χ3v) is 5.21. The Morgan fingerprint density at radius 1 is 0.906 bits per heavy atom. The van der Waals surface area contributed by atoms with Gasteiger partial charge in [0, 0.05) is 10.5 Å². The van der Waals surface area contributed by atoms with Crippen LogP contribution in [0.1, 0.15) is 20.7 Å². The fourth-order valence-corrected chi connectivity index (χ4v) is 3.36. The summed E-state index contributed by atoms with van der Waals surface area (Å²) in [6.45, 7) is 0. The molecule has 0 fully saturated rings. The highest BCUT2D eigenvalue weighted by Crippen LogP contribution is 2.25. The maximum atomic E-state index is 12.8. The molecule has 0 unspecified atom stereocenters. The van der Waals surface area contributed by atoms with E-state index < -0.39 is 17.4 Å². The number of hydrogen-bond donors (Lipinski definition) is 0. The first-order chi connectivity index (χ1) is 15.5. The van der Waals surface area contributed by atoms with Gasteiger partial charge in [-0.2, -0.15) is 0 Å². The van der Waals surface area contributed by atoms with Crippen molar-refractivity contribution in [1.29, 1.82) is 0 Å². The number of benzene rings is 3. The lowest BCUT2D eigenvalue weighted by Crippen LogP contribution is -2.09. The largest absolute Gasteiger partial charge is 0.465 e. The smallest absolute Gasteiger partial charge is 0.344 e. The van der Waals surface area contributed by atoms with E-state index in [0.717, 1.165) is 0 Å². The molecule has 0 aliphatic carbocycles. The number of methoxy groups -OCH3 is 1. The predicted molar refractivity (Wildman–Crippen MR) is 119 cm³/mol. The van der Waals surface area contributed by atoms with E-state index in [1.165, 1.54) is 43.7 Å². The molecule has 160 valence electrons. The van der Waals surface area contributed by atoms with E-state index in [2.05, 4.69) is 20.7 Å². The van der Waals surface area contributed by atoms with Gasteiger partial charge in [0.15, 0.2) is 0 Å². The minimum atomic E-state index is -0.547. The van der Waals surface area contributed by atoms with E-state index in [-0.39, 0.29) is 22.5 Å². The molecule has 3 aromatic carbocycles. The van der Waals surface area contributed by atoms with Crippen LogP contribution in [0.5, 0.6) is 17.2 Å². The maximum Gasteiger partial charge on any atom is 0.344 e. The highest BCUT2D eigenvalue weighted by atomic mass is 79.9. The molecule has 0 saturated heterocycles. The lowest BCUT2D eigenvalue weighted by atomic mass is 10.2. The normalized spacial score (nSPS) is 10.6. The van der Waals surface area contributed by atoms with Crippen LogP contribution in [0.25, 0.3) is 11.0 Å². The van der Waals surface area contributed by atoms with Crippen molar-refractivity contribution in [3.63, 3.8) is 0 Å². The maximum absolute atomic E-state index is 12.8. The summed E-state index contributed by atoms with van der Waals surface area (Å²) in [5.74, 6) is -0.467. The van der Waals surface area contributed by atoms with Crippen molar-refractivity contribution in [2.45, 2.75) is 0 Å². The molecule has 0 aliphatic heterocycles. The molecule has 1 aromatic heterocycles. The monoisotopic (exact) mass is 494 g/mol. The molecule has 7 nitrogen and oxygen atoms in total. The molecule has 0 atom stereocenters. The third kappa shape index (κ3) is 4.40. The van der Waals surface area contributed by atoms with Gasteiger partial charge < -0.3 is 18.6 Å². The number of fused-ring (bicyclic) bond motifs is 1. The standard InChI is InChI=1S/C24H15BrO7/c1-29-23(27)14-6-8-15(9-7-14)31-21-13-30-20-12-16(10-11-18(20)22(21)26)32-24(28)17-4-2-3-5-19(17)25/h2-13H,1H3. The zero-order valence-corrected chi connectivity index (χ0v) is 18.2. The fourth-order valence-electron chi connectivity index (χ4n) is 2.92. The summed E-state index contributed by atoms with van der Waals surface area (Å²) in [5.41, 5.74) is 0.568. The average Bonchev–Trinajstić information content (AvgIpc) is 2.81. The summed E-state index contributed by atoms with van der Waals surface area (Å²) < 4.78 is 21.8. The van der Waals surface area contributed by atoms with Gasteiger partial charge in [0.25, 0.3) is 0 Å². The molecule has 0 aliphatic rings. The summed E-state index contributed by atoms with van der Waals surface area (Å²) >= 11 is 3.31. The van der Waals surface area contributed by atoms with Crippen LogP contribution in [-0.4, -0.2) is 19.0 Å². The number of hydrogen-bond acceptors (Lipinski definition) is 7. The Hall–Kier alpha value is -3.91. The van der Waals surface area contributed by atoms with Crippen LogP contribution < -0.4 is 14.9 Å². The second kappa shape index (κ2) is 9.07. The number of ether oxygens (including phenoxy) is 3. The number of esters is 2. The number of rotatable bonds is 5. The molecule has 0 amide bonds. The molecule has 0 bridgehead atoms. The van der Waals surface area contributed by atoms with Crippen molar-refractivity contribution in [2.75, 3.05) is 7.11 Å². The molecular formula is C24H15BrO7. The SMILES string of the molecule is COC(=O)c1ccc(Oc2coc3cc(OC(=O)c4ccccc4Br)ccc3c2=O)cc1. The molecule has 4 aromatic rings. The van der Waals surface area contributed by atoms with Gasteiger partial charge in [0.2, 0.25) is 11.2 Å². The molecule has 0 saturated carbocycles. The molecular weight excluding hydrogens is 480 g/mol. The van der Waals surface area contributed by atoms with Gasteiger partial charge in [-0.1, -0.05) is 12.1 Å². The van der Waals surface area contributed by atoms with Crippen LogP contribution in [-0.2, 0) is 4.74 Å². The molecule has 8 heteroatoms. The van der Waals surface area contributed by atoms with E-state index in [4.69, 9.17) is 13.9 Å². The summed E-state index contributed by atoms with van der Waals surface area (Å²) in [7, 11) is 1.29. The van der Waals surface area contributed by atoms with Crippen LogP contribution in [0.2, 0.25) is 0 Å². The molecule has 0 radical (unpaired) electrons. The van der Waals surface area contributed by atoms with Crippen molar-refractivity contribution >= 4 is 38.8 Å². The lowest BCUT2D eigenvalue weighted by molar-refractivity contribution is 0.0600. The Bertz CT molecular complexity index is 1370. The van der Waals surface area contributed by atoms with E-state index in [0.29, 0.717) is 21.3 Å². The van der Waals surface area contributed by atoms with Crippen LogP contribution in [0.15, 0.2) is 86.7 Å². The van der Waals surface area contributed by atoms with Crippen molar-refractivity contribution in [1.82, 2.24) is 0 Å². The first-order valence-electron chi connectivity index (χ1n) is 9.35. The van der Waals surface area contributed by atoms with E-state index in [9.17, 15) is 14.4 Å². The Kier molecular flexibility index (Phi) is 6.04. The van der Waals surface area contributed by atoms with E-state index >= 15 is 0 Å². The molecule has 1 heterocycles. The Morgan fingerprint density at radius 2 is 1.62 bits per heavy atom. The fraction of sp³-hybridized carbons (Fsp3) is 0.0417. The van der Waals surface area contributed by atoms with Gasteiger partial charge in [-0.3, -0.25) is 4.79 Å². The Labute approximate surface area is 190 Å². The van der Waals surface area contributed by atoms with Gasteiger partial charge in [-0.15, -0.1) is 0 Å². The number of halogens is 1. The van der Waals surface area contributed by atoms with Crippen molar-refractivity contribution in [2.24, 2.45) is 0 Å². The van der Waals surface area contributed by atoms with Crippen molar-refractivity contribution in [3.8, 4) is 17.2 Å². The average molecular weight is 495 g/mol. The van der Waals surface area contributed by atoms with Gasteiger partial charge in [-0.25, -0.2) is 9.59 Å². The summed E-state index contributed by atoms with van der Waals surface area (Å²) in [5, 5.41) is 0.259. The van der Waals surface area contributed by atoms with E-state index in [1.54, 1.807) is 36.4 Å². The van der Waals surface area contributed by atoms with E-state index in [1.807, 2.05) is 0 Å². The summed E-state index contributed by atoms with van der Waals surface area (Å²) in [4.78, 5) is 36.7. The Balaban J connectivity index is 1.56. The summed E-state index contributed by atoms with van der Waals surface area (Å²) in [6.07, 6.45) is 1.18. The zero-order valence-electron chi connectivity index (χ0n) is 16.7.